The van der Waals surface area contributed by atoms with E-state index in [0.29, 0.717) is 0 Å². The van der Waals surface area contributed by atoms with Crippen LogP contribution in [0.3, 0.4) is 0 Å². The fraction of sp³-hybridized carbons (Fsp3) is 0.0435. The molecule has 0 amide bonds. The van der Waals surface area contributed by atoms with Crippen LogP contribution in [0, 0.1) is 12.2 Å². The fourth-order valence-corrected chi connectivity index (χ4v) is 6.33. The van der Waals surface area contributed by atoms with Gasteiger partial charge in [0.15, 0.2) is 0 Å². The van der Waals surface area contributed by atoms with E-state index in [1.165, 1.54) is 66.8 Å². The third-order valence-corrected chi connectivity index (χ3v) is 8.48. The fourth-order valence-electron chi connectivity index (χ4n) is 6.33. The van der Waals surface area contributed by atoms with E-state index in [0.717, 1.165) is 12.8 Å². The molecule has 0 spiro atoms. The first-order valence-electron chi connectivity index (χ1n) is 15.9. The molecule has 6 aromatic rings. The molecule has 0 unspecified atom stereocenters. The van der Waals surface area contributed by atoms with Crippen molar-refractivity contribution in [2.75, 3.05) is 0 Å². The minimum absolute atomic E-state index is 0. The third-order valence-electron chi connectivity index (χ3n) is 8.48. The molecular formula is C46H34Cl2Zr. The van der Waals surface area contributed by atoms with Crippen molar-refractivity contribution in [2.24, 2.45) is 0 Å². The summed E-state index contributed by atoms with van der Waals surface area (Å²) in [6.07, 6.45) is 8.94. The minimum atomic E-state index is 0. The molecule has 0 fully saturated rings. The molecule has 0 N–H and O–H groups in total. The summed E-state index contributed by atoms with van der Waals surface area (Å²) in [5, 5.41) is 0. The second-order valence-corrected chi connectivity index (χ2v) is 11.4. The molecule has 2 aliphatic carbocycles. The second-order valence-electron chi connectivity index (χ2n) is 11.4. The van der Waals surface area contributed by atoms with Gasteiger partial charge in [0.05, 0.1) is 0 Å². The van der Waals surface area contributed by atoms with Crippen molar-refractivity contribution in [2.45, 2.75) is 12.8 Å². The Kier molecular flexibility index (Phi) is 14.2. The van der Waals surface area contributed by atoms with Crippen LogP contribution >= 0.6 is 0 Å². The van der Waals surface area contributed by atoms with E-state index >= 15 is 0 Å². The first-order chi connectivity index (χ1) is 22.9. The van der Waals surface area contributed by atoms with Crippen molar-refractivity contribution in [3.63, 3.8) is 0 Å². The molecule has 0 aromatic heterocycles. The molecule has 2 aliphatic rings. The van der Waals surface area contributed by atoms with Crippen molar-refractivity contribution in [1.29, 1.82) is 0 Å². The van der Waals surface area contributed by atoms with Gasteiger partial charge in [0, 0.05) is 0 Å². The quantitative estimate of drug-likeness (QED) is 0.190. The van der Waals surface area contributed by atoms with Gasteiger partial charge in [0.2, 0.25) is 0 Å². The predicted octanol–water partition coefficient (Wildman–Crippen LogP) is 5.78. The summed E-state index contributed by atoms with van der Waals surface area (Å²) in [7, 11) is 0. The van der Waals surface area contributed by atoms with E-state index in [-0.39, 0.29) is 51.0 Å². The Hall–Kier alpha value is -4.26. The first kappa shape index (κ1) is 37.6. The largest absolute Gasteiger partial charge is 4.00 e. The Morgan fingerprint density at radius 1 is 0.286 bits per heavy atom. The number of hydrogen-bond acceptors (Lipinski definition) is 0. The van der Waals surface area contributed by atoms with Gasteiger partial charge >= 0.3 is 26.2 Å². The Balaban J connectivity index is 0.000000208. The summed E-state index contributed by atoms with van der Waals surface area (Å²) in [5.74, 6) is 0. The summed E-state index contributed by atoms with van der Waals surface area (Å²) in [5.41, 5.74) is 15.3. The van der Waals surface area contributed by atoms with E-state index in [4.69, 9.17) is 0 Å². The van der Waals surface area contributed by atoms with Crippen molar-refractivity contribution in [1.82, 2.24) is 0 Å². The molecule has 0 aliphatic heterocycles. The predicted molar refractivity (Wildman–Crippen MR) is 195 cm³/mol. The van der Waals surface area contributed by atoms with Crippen LogP contribution in [0.25, 0.3) is 33.4 Å². The maximum Gasteiger partial charge on any atom is 4.00 e. The number of benzene rings is 6. The molecule has 236 valence electrons. The van der Waals surface area contributed by atoms with Gasteiger partial charge in [-0.1, -0.05) is 193 Å². The Morgan fingerprint density at radius 3 is 0.776 bits per heavy atom. The minimum Gasteiger partial charge on any atom is -1.00 e. The van der Waals surface area contributed by atoms with Gasteiger partial charge in [-0.15, -0.1) is 46.5 Å². The molecule has 0 saturated heterocycles. The van der Waals surface area contributed by atoms with E-state index in [9.17, 15) is 0 Å². The Labute approximate surface area is 322 Å². The van der Waals surface area contributed by atoms with Crippen molar-refractivity contribution in [3.8, 4) is 0 Å². The summed E-state index contributed by atoms with van der Waals surface area (Å²) in [6, 6.07) is 63.7. The number of halogens is 2. The van der Waals surface area contributed by atoms with Crippen LogP contribution < -0.4 is 24.8 Å². The molecule has 0 radical (unpaired) electrons. The zero-order chi connectivity index (χ0) is 31.0. The van der Waals surface area contributed by atoms with E-state index in [2.05, 4.69) is 194 Å². The van der Waals surface area contributed by atoms with Gasteiger partial charge < -0.3 is 24.8 Å². The molecule has 0 nitrogen and oxygen atoms in total. The van der Waals surface area contributed by atoms with E-state index in [1.807, 2.05) is 0 Å². The van der Waals surface area contributed by atoms with E-state index in [1.54, 1.807) is 0 Å². The van der Waals surface area contributed by atoms with Crippen molar-refractivity contribution < 1.29 is 51.0 Å². The third kappa shape index (κ3) is 8.67. The van der Waals surface area contributed by atoms with Gasteiger partial charge in [0.1, 0.15) is 0 Å². The van der Waals surface area contributed by atoms with Crippen LogP contribution in [0.5, 0.6) is 0 Å². The van der Waals surface area contributed by atoms with Crippen LogP contribution in [0.15, 0.2) is 182 Å². The number of allylic oxidation sites excluding steroid dienone is 8. The van der Waals surface area contributed by atoms with Gasteiger partial charge in [-0.2, -0.15) is 23.3 Å². The van der Waals surface area contributed by atoms with Crippen molar-refractivity contribution in [3.05, 3.63) is 228 Å². The smallest absolute Gasteiger partial charge is 1.00 e. The standard InChI is InChI=1S/2C23H17.2ClH.Zr/c2*1-4-10-18(11-5-1)21-16-17-22(19-12-6-2-7-13-19)23(21)20-14-8-3-9-15-20;;;/h2*1-15H,16H2;2*1H;/q2*-1;;;+4/p-2. The molecular weight excluding hydrogens is 715 g/mol. The monoisotopic (exact) mass is 746 g/mol. The summed E-state index contributed by atoms with van der Waals surface area (Å²) in [6.45, 7) is 0. The molecule has 8 rings (SSSR count). The van der Waals surface area contributed by atoms with Gasteiger partial charge in [-0.3, -0.25) is 0 Å². The maximum atomic E-state index is 3.61. The van der Waals surface area contributed by atoms with Crippen LogP contribution in [0.2, 0.25) is 0 Å². The SMILES string of the molecule is [C-]1=C(c2ccccc2)C(c2ccccc2)=C(c2ccccc2)C1.[C-]1=C(c2ccccc2)C(c2ccccc2)=C(c2ccccc2)C1.[Cl-].[Cl-].[Zr+4]. The summed E-state index contributed by atoms with van der Waals surface area (Å²) < 4.78 is 0. The Morgan fingerprint density at radius 2 is 0.510 bits per heavy atom. The number of rotatable bonds is 6. The van der Waals surface area contributed by atoms with Crippen LogP contribution in [0.1, 0.15) is 46.2 Å². The first-order valence-corrected chi connectivity index (χ1v) is 15.9. The van der Waals surface area contributed by atoms with E-state index < -0.39 is 0 Å². The van der Waals surface area contributed by atoms with Crippen molar-refractivity contribution >= 4 is 33.4 Å². The molecule has 0 atom stereocenters. The molecule has 6 aromatic carbocycles. The average Bonchev–Trinajstić information content (AvgIpc) is 3.80. The zero-order valence-corrected chi connectivity index (χ0v) is 31.0. The van der Waals surface area contributed by atoms with Crippen LogP contribution in [0.4, 0.5) is 0 Å². The summed E-state index contributed by atoms with van der Waals surface area (Å²) in [4.78, 5) is 0. The molecule has 0 bridgehead atoms. The molecule has 0 heterocycles. The normalized spacial score (nSPS) is 13.1. The zero-order valence-electron chi connectivity index (χ0n) is 27.0. The molecule has 0 saturated carbocycles. The number of hydrogen-bond donors (Lipinski definition) is 0. The molecule has 49 heavy (non-hydrogen) atoms. The topological polar surface area (TPSA) is 0 Å². The van der Waals surface area contributed by atoms with Gasteiger partial charge in [0.25, 0.3) is 0 Å². The van der Waals surface area contributed by atoms with Crippen LogP contribution in [-0.4, -0.2) is 0 Å². The molecule has 3 heteroatoms. The Bertz CT molecular complexity index is 1880. The average molecular weight is 749 g/mol. The van der Waals surface area contributed by atoms with Gasteiger partial charge in [-0.25, -0.2) is 0 Å². The maximum absolute atomic E-state index is 3.61. The van der Waals surface area contributed by atoms with Crippen LogP contribution in [-0.2, 0) is 26.2 Å². The second kappa shape index (κ2) is 18.5. The summed E-state index contributed by atoms with van der Waals surface area (Å²) >= 11 is 0. The van der Waals surface area contributed by atoms with Gasteiger partial charge in [-0.05, 0) is 11.1 Å².